The number of hydrogen-bond acceptors (Lipinski definition) is 0. The van der Waals surface area contributed by atoms with E-state index in [1.807, 2.05) is 13.8 Å². The minimum atomic E-state index is 1.16. The molecular formula is C24H44. The molecule has 0 nitrogen and oxygen atoms in total. The van der Waals surface area contributed by atoms with Gasteiger partial charge in [-0.1, -0.05) is 71.7 Å². The van der Waals surface area contributed by atoms with Crippen LogP contribution in [0.25, 0.3) is 0 Å². The quantitative estimate of drug-likeness (QED) is 0.476. The summed E-state index contributed by atoms with van der Waals surface area (Å²) in [6, 6.07) is 4.79. The van der Waals surface area contributed by atoms with Gasteiger partial charge in [-0.2, -0.15) is 0 Å². The van der Waals surface area contributed by atoms with Crippen LogP contribution < -0.4 is 0 Å². The lowest BCUT2D eigenvalue weighted by molar-refractivity contribution is 0.901. The summed E-state index contributed by atoms with van der Waals surface area (Å²) in [6.45, 7) is 25.4. The molecule has 0 aliphatic rings. The summed E-state index contributed by atoms with van der Waals surface area (Å²) in [5, 5.41) is 0. The van der Waals surface area contributed by atoms with Crippen molar-refractivity contribution in [2.45, 2.75) is 94.4 Å². The highest BCUT2D eigenvalue weighted by Crippen LogP contribution is 2.19. The fraction of sp³-hybridized carbons (Fsp3) is 0.583. The molecule has 0 saturated carbocycles. The van der Waals surface area contributed by atoms with Gasteiger partial charge in [0.15, 0.2) is 0 Å². The lowest BCUT2D eigenvalue weighted by Crippen LogP contribution is -1.97. The van der Waals surface area contributed by atoms with Crippen LogP contribution >= 0.6 is 0 Å². The Labute approximate surface area is 154 Å². The molecule has 1 aromatic carbocycles. The monoisotopic (exact) mass is 332 g/mol. The lowest BCUT2D eigenvalue weighted by atomic mass is 9.94. The normalized spacial score (nSPS) is 8.54. The molecule has 0 saturated heterocycles. The highest BCUT2D eigenvalue weighted by atomic mass is 14.1. The van der Waals surface area contributed by atoms with Gasteiger partial charge in [-0.3, -0.25) is 0 Å². The minimum Gasteiger partial charge on any atom is -0.106 e. The molecule has 0 heteroatoms. The Balaban J connectivity index is -0.000000371. The largest absolute Gasteiger partial charge is 0.106 e. The van der Waals surface area contributed by atoms with Crippen LogP contribution in [0.1, 0.15) is 90.5 Å². The summed E-state index contributed by atoms with van der Waals surface area (Å²) >= 11 is 0. The van der Waals surface area contributed by atoms with Gasteiger partial charge in [-0.05, 0) is 68.7 Å². The Morgan fingerprint density at radius 3 is 1.62 bits per heavy atom. The van der Waals surface area contributed by atoms with Crippen molar-refractivity contribution in [1.29, 1.82) is 0 Å². The Morgan fingerprint density at radius 1 is 0.875 bits per heavy atom. The first-order chi connectivity index (χ1) is 11.5. The molecule has 1 aromatic rings. The molecule has 0 spiro atoms. The molecule has 0 N–H and O–H groups in total. The Hall–Kier alpha value is -1.30. The van der Waals surface area contributed by atoms with Crippen molar-refractivity contribution in [3.05, 3.63) is 59.2 Å². The predicted octanol–water partition coefficient (Wildman–Crippen LogP) is 8.26. The maximum absolute atomic E-state index is 3.00. The van der Waals surface area contributed by atoms with Gasteiger partial charge in [0.1, 0.15) is 0 Å². The van der Waals surface area contributed by atoms with E-state index in [-0.39, 0.29) is 0 Å². The first kappa shape index (κ1) is 27.5. The summed E-state index contributed by atoms with van der Waals surface area (Å²) in [4.78, 5) is 0. The third kappa shape index (κ3) is 13.2. The van der Waals surface area contributed by atoms with Crippen LogP contribution in [-0.2, 0) is 19.3 Å². The van der Waals surface area contributed by atoms with Crippen LogP contribution in [0.15, 0.2) is 36.9 Å². The van der Waals surface area contributed by atoms with Gasteiger partial charge in [0.2, 0.25) is 0 Å². The highest BCUT2D eigenvalue weighted by Gasteiger charge is 2.04. The molecule has 24 heavy (non-hydrogen) atoms. The Morgan fingerprint density at radius 2 is 1.33 bits per heavy atom. The molecule has 140 valence electrons. The average Bonchev–Trinajstić information content (AvgIpc) is 2.60. The number of hydrogen-bond donors (Lipinski definition) is 0. The van der Waals surface area contributed by atoms with E-state index >= 15 is 0 Å². The summed E-state index contributed by atoms with van der Waals surface area (Å²) in [5.41, 5.74) is 7.51. The van der Waals surface area contributed by atoms with Crippen molar-refractivity contribution < 1.29 is 0 Å². The highest BCUT2D eigenvalue weighted by molar-refractivity contribution is 5.38. The Bertz CT molecular complexity index is 420. The standard InChI is InChI=1S/C14H22.C6H12.C2H6.C2H4/c1-5-8-14-10-13(7-3)12(6-2)9-11(14)4;1-4-5-6(2)3;2*1-2/h9-10H,5-8H2,1-4H3;5H,4H2,1-3H3;1-2H3;1-2H2. The maximum Gasteiger partial charge on any atom is -0.0279 e. The van der Waals surface area contributed by atoms with E-state index in [0.717, 1.165) is 6.42 Å². The SMILES string of the molecule is C=C.CC.CCC=C(C)C.CCCc1cc(CC)c(CC)cc1C. The van der Waals surface area contributed by atoms with Crippen molar-refractivity contribution in [3.63, 3.8) is 0 Å². The predicted molar refractivity (Wildman–Crippen MR) is 116 cm³/mol. The molecule has 0 unspecified atom stereocenters. The van der Waals surface area contributed by atoms with Gasteiger partial charge < -0.3 is 0 Å². The van der Waals surface area contributed by atoms with Gasteiger partial charge in [0.25, 0.3) is 0 Å². The second kappa shape index (κ2) is 19.7. The van der Waals surface area contributed by atoms with Crippen LogP contribution in [0.4, 0.5) is 0 Å². The Kier molecular flexibility index (Phi) is 22.7. The third-order valence-corrected chi connectivity index (χ3v) is 3.55. The molecular weight excluding hydrogens is 288 g/mol. The van der Waals surface area contributed by atoms with Crippen molar-refractivity contribution in [1.82, 2.24) is 0 Å². The summed E-state index contributed by atoms with van der Waals surface area (Å²) in [7, 11) is 0. The van der Waals surface area contributed by atoms with Crippen molar-refractivity contribution in [2.75, 3.05) is 0 Å². The molecule has 0 radical (unpaired) electrons. The first-order valence-corrected chi connectivity index (χ1v) is 9.74. The minimum absolute atomic E-state index is 1.16. The van der Waals surface area contributed by atoms with Gasteiger partial charge in [0.05, 0.1) is 0 Å². The number of benzene rings is 1. The summed E-state index contributed by atoms with van der Waals surface area (Å²) < 4.78 is 0. The fourth-order valence-corrected chi connectivity index (χ4v) is 2.47. The van der Waals surface area contributed by atoms with Crippen LogP contribution in [0.3, 0.4) is 0 Å². The molecule has 1 rings (SSSR count). The van der Waals surface area contributed by atoms with Crippen LogP contribution in [0.2, 0.25) is 0 Å². The molecule has 0 fully saturated rings. The molecule has 0 bridgehead atoms. The van der Waals surface area contributed by atoms with Gasteiger partial charge >= 0.3 is 0 Å². The summed E-state index contributed by atoms with van der Waals surface area (Å²) in [5.74, 6) is 0. The third-order valence-electron chi connectivity index (χ3n) is 3.55. The molecule has 0 heterocycles. The fourth-order valence-electron chi connectivity index (χ4n) is 2.47. The van der Waals surface area contributed by atoms with E-state index in [2.05, 4.69) is 79.8 Å². The van der Waals surface area contributed by atoms with E-state index in [1.54, 1.807) is 11.1 Å². The van der Waals surface area contributed by atoms with Crippen molar-refractivity contribution in [2.24, 2.45) is 0 Å². The smallest absolute Gasteiger partial charge is 0.0279 e. The van der Waals surface area contributed by atoms with E-state index in [1.165, 1.54) is 42.4 Å². The number of allylic oxidation sites excluding steroid dienone is 2. The number of aryl methyl sites for hydroxylation is 4. The van der Waals surface area contributed by atoms with Crippen LogP contribution in [-0.4, -0.2) is 0 Å². The van der Waals surface area contributed by atoms with E-state index in [4.69, 9.17) is 0 Å². The zero-order valence-corrected chi connectivity index (χ0v) is 18.2. The molecule has 0 aliphatic heterocycles. The second-order valence-corrected chi connectivity index (χ2v) is 5.69. The molecule has 0 atom stereocenters. The molecule has 0 aliphatic carbocycles. The van der Waals surface area contributed by atoms with Crippen molar-refractivity contribution >= 4 is 0 Å². The second-order valence-electron chi connectivity index (χ2n) is 5.69. The van der Waals surface area contributed by atoms with Gasteiger partial charge in [-0.15, -0.1) is 13.2 Å². The molecule has 0 amide bonds. The molecule has 0 aromatic heterocycles. The van der Waals surface area contributed by atoms with Gasteiger partial charge in [-0.25, -0.2) is 0 Å². The summed E-state index contributed by atoms with van der Waals surface area (Å²) in [6.07, 6.45) is 8.18. The van der Waals surface area contributed by atoms with E-state index in [9.17, 15) is 0 Å². The zero-order valence-electron chi connectivity index (χ0n) is 18.2. The topological polar surface area (TPSA) is 0 Å². The van der Waals surface area contributed by atoms with E-state index < -0.39 is 0 Å². The van der Waals surface area contributed by atoms with Crippen LogP contribution in [0, 0.1) is 6.92 Å². The number of rotatable bonds is 5. The van der Waals surface area contributed by atoms with Crippen molar-refractivity contribution in [3.8, 4) is 0 Å². The first-order valence-electron chi connectivity index (χ1n) is 9.74. The van der Waals surface area contributed by atoms with Gasteiger partial charge in [0, 0.05) is 0 Å². The maximum atomic E-state index is 3.00. The lowest BCUT2D eigenvalue weighted by Gasteiger charge is -2.12. The average molecular weight is 333 g/mol. The van der Waals surface area contributed by atoms with Crippen LogP contribution in [0.5, 0.6) is 0 Å². The van der Waals surface area contributed by atoms with E-state index in [0.29, 0.717) is 0 Å². The zero-order chi connectivity index (χ0) is 19.5.